The number of ether oxygens (including phenoxy) is 1. The molecule has 0 N–H and O–H groups in total. The fourth-order valence-corrected chi connectivity index (χ4v) is 2.21. The lowest BCUT2D eigenvalue weighted by molar-refractivity contribution is 0.478. The Bertz CT molecular complexity index is 652. The molecule has 0 aliphatic carbocycles. The minimum Gasteiger partial charge on any atom is -0.456 e. The van der Waals surface area contributed by atoms with E-state index in [0.29, 0.717) is 26.9 Å². The number of rotatable bonds is 3. The van der Waals surface area contributed by atoms with Gasteiger partial charge in [-0.15, -0.1) is 0 Å². The van der Waals surface area contributed by atoms with Crippen LogP contribution in [0, 0.1) is 17.1 Å². The highest BCUT2D eigenvalue weighted by Gasteiger charge is 2.07. The molecule has 0 saturated carbocycles. The molecule has 2 aromatic carbocycles. The van der Waals surface area contributed by atoms with E-state index in [9.17, 15) is 4.39 Å². The smallest absolute Gasteiger partial charge is 0.145 e. The molecule has 5 heteroatoms. The van der Waals surface area contributed by atoms with E-state index in [1.54, 1.807) is 12.1 Å². The van der Waals surface area contributed by atoms with E-state index in [2.05, 4.69) is 37.9 Å². The van der Waals surface area contributed by atoms with Gasteiger partial charge in [0.2, 0.25) is 0 Å². The third-order valence-electron chi connectivity index (χ3n) is 2.44. The quantitative estimate of drug-likeness (QED) is 0.685. The van der Waals surface area contributed by atoms with Gasteiger partial charge in [-0.2, -0.15) is 5.26 Å². The Morgan fingerprint density at radius 2 is 2.00 bits per heavy atom. The summed E-state index contributed by atoms with van der Waals surface area (Å²) in [5.41, 5.74) is 1.43. The van der Waals surface area contributed by atoms with Crippen molar-refractivity contribution >= 4 is 31.9 Å². The van der Waals surface area contributed by atoms with Crippen molar-refractivity contribution in [1.29, 1.82) is 5.26 Å². The molecule has 96 valence electrons. The van der Waals surface area contributed by atoms with E-state index >= 15 is 0 Å². The lowest BCUT2D eigenvalue weighted by Crippen LogP contribution is -1.90. The van der Waals surface area contributed by atoms with Gasteiger partial charge in [0.05, 0.1) is 10.0 Å². The van der Waals surface area contributed by atoms with Crippen LogP contribution in [0.3, 0.4) is 0 Å². The third-order valence-corrected chi connectivity index (χ3v) is 3.69. The number of alkyl halides is 1. The molecule has 0 saturated heterocycles. The summed E-state index contributed by atoms with van der Waals surface area (Å²) >= 11 is 6.42. The average Bonchev–Trinajstić information content (AvgIpc) is 2.43. The molecule has 0 fully saturated rings. The van der Waals surface area contributed by atoms with Crippen molar-refractivity contribution in [3.63, 3.8) is 0 Å². The van der Waals surface area contributed by atoms with Gasteiger partial charge in [-0.05, 0) is 51.8 Å². The van der Waals surface area contributed by atoms with Gasteiger partial charge in [-0.3, -0.25) is 0 Å². The monoisotopic (exact) mass is 383 g/mol. The highest BCUT2D eigenvalue weighted by Crippen LogP contribution is 2.29. The van der Waals surface area contributed by atoms with E-state index in [-0.39, 0.29) is 5.82 Å². The molecule has 0 atom stereocenters. The van der Waals surface area contributed by atoms with Crippen LogP contribution in [0.25, 0.3) is 0 Å². The maximum absolute atomic E-state index is 13.1. The molecule has 0 aliphatic heterocycles. The van der Waals surface area contributed by atoms with Crippen LogP contribution in [-0.2, 0) is 5.33 Å². The molecule has 0 unspecified atom stereocenters. The first-order valence-electron chi connectivity index (χ1n) is 5.36. The molecule has 19 heavy (non-hydrogen) atoms. The lowest BCUT2D eigenvalue weighted by atomic mass is 10.1. The Balaban J connectivity index is 2.33. The highest BCUT2D eigenvalue weighted by atomic mass is 79.9. The topological polar surface area (TPSA) is 33.0 Å². The Labute approximate surface area is 127 Å². The number of halogens is 3. The van der Waals surface area contributed by atoms with Crippen LogP contribution in [-0.4, -0.2) is 0 Å². The second-order valence-electron chi connectivity index (χ2n) is 3.75. The number of benzene rings is 2. The first-order valence-corrected chi connectivity index (χ1v) is 7.27. The summed E-state index contributed by atoms with van der Waals surface area (Å²) in [5.74, 6) is 0.560. The summed E-state index contributed by atoms with van der Waals surface area (Å²) < 4.78 is 19.0. The maximum atomic E-state index is 13.1. The highest BCUT2D eigenvalue weighted by molar-refractivity contribution is 9.10. The predicted octanol–water partition coefficient (Wildman–Crippen LogP) is 5.15. The van der Waals surface area contributed by atoms with E-state index in [4.69, 9.17) is 10.00 Å². The van der Waals surface area contributed by atoms with Crippen LogP contribution in [0.1, 0.15) is 11.1 Å². The van der Waals surface area contributed by atoms with Crippen molar-refractivity contribution in [3.8, 4) is 17.6 Å². The summed E-state index contributed by atoms with van der Waals surface area (Å²) in [4.78, 5) is 0. The number of hydrogen-bond donors (Lipinski definition) is 0. The molecule has 0 bridgehead atoms. The van der Waals surface area contributed by atoms with E-state index < -0.39 is 0 Å². The summed E-state index contributed by atoms with van der Waals surface area (Å²) in [5, 5.41) is 9.77. The zero-order valence-corrected chi connectivity index (χ0v) is 12.8. The van der Waals surface area contributed by atoms with Crippen molar-refractivity contribution in [1.82, 2.24) is 0 Å². The van der Waals surface area contributed by atoms with Gasteiger partial charge in [-0.1, -0.05) is 22.0 Å². The molecular weight excluding hydrogens is 377 g/mol. The first kappa shape index (κ1) is 14.0. The Kier molecular flexibility index (Phi) is 4.56. The fourth-order valence-electron chi connectivity index (χ4n) is 1.50. The third kappa shape index (κ3) is 3.34. The van der Waals surface area contributed by atoms with E-state index in [0.717, 1.165) is 5.56 Å². The molecule has 0 spiro atoms. The summed E-state index contributed by atoms with van der Waals surface area (Å²) in [7, 11) is 0. The second kappa shape index (κ2) is 6.18. The number of nitrogens with zero attached hydrogens (tertiary/aromatic N) is 1. The van der Waals surface area contributed by atoms with Crippen LogP contribution >= 0.6 is 31.9 Å². The molecule has 2 rings (SSSR count). The average molecular weight is 385 g/mol. The SMILES string of the molecule is N#Cc1cc(CBr)ccc1Oc1ccc(F)c(Br)c1. The molecule has 2 nitrogen and oxygen atoms in total. The summed E-state index contributed by atoms with van der Waals surface area (Å²) in [6, 6.07) is 11.8. The van der Waals surface area contributed by atoms with Gasteiger partial charge in [0.15, 0.2) is 0 Å². The van der Waals surface area contributed by atoms with Gasteiger partial charge in [0, 0.05) is 5.33 Å². The van der Waals surface area contributed by atoms with Gasteiger partial charge in [0.1, 0.15) is 23.4 Å². The fraction of sp³-hybridized carbons (Fsp3) is 0.0714. The van der Waals surface area contributed by atoms with Crippen molar-refractivity contribution < 1.29 is 9.13 Å². The number of nitriles is 1. The van der Waals surface area contributed by atoms with Crippen LogP contribution in [0.2, 0.25) is 0 Å². The van der Waals surface area contributed by atoms with Crippen molar-refractivity contribution in [2.75, 3.05) is 0 Å². The molecule has 0 amide bonds. The van der Waals surface area contributed by atoms with Gasteiger partial charge in [0.25, 0.3) is 0 Å². The normalized spacial score (nSPS) is 10.0. The Morgan fingerprint density at radius 1 is 1.21 bits per heavy atom. The van der Waals surface area contributed by atoms with Crippen LogP contribution in [0.4, 0.5) is 4.39 Å². The van der Waals surface area contributed by atoms with Crippen LogP contribution in [0.15, 0.2) is 40.9 Å². The molecule has 0 heterocycles. The van der Waals surface area contributed by atoms with E-state index in [1.165, 1.54) is 18.2 Å². The number of hydrogen-bond acceptors (Lipinski definition) is 2. The van der Waals surface area contributed by atoms with E-state index in [1.807, 2.05) is 6.07 Å². The van der Waals surface area contributed by atoms with Crippen LogP contribution < -0.4 is 4.74 Å². The summed E-state index contributed by atoms with van der Waals surface area (Å²) in [6.07, 6.45) is 0. The maximum Gasteiger partial charge on any atom is 0.145 e. The minimum absolute atomic E-state index is 0.320. The zero-order valence-electron chi connectivity index (χ0n) is 9.66. The van der Waals surface area contributed by atoms with Crippen LogP contribution in [0.5, 0.6) is 11.5 Å². The molecule has 2 aromatic rings. The van der Waals surface area contributed by atoms with Gasteiger partial charge in [-0.25, -0.2) is 4.39 Å². The van der Waals surface area contributed by atoms with Gasteiger partial charge < -0.3 is 4.74 Å². The molecule has 0 radical (unpaired) electrons. The second-order valence-corrected chi connectivity index (χ2v) is 5.17. The molecular formula is C14H8Br2FNO. The Morgan fingerprint density at radius 3 is 2.63 bits per heavy atom. The standard InChI is InChI=1S/C14H8Br2FNO/c15-7-9-1-4-14(10(5-9)8-18)19-11-2-3-13(17)12(16)6-11/h1-6H,7H2. The lowest BCUT2D eigenvalue weighted by Gasteiger charge is -2.09. The predicted molar refractivity (Wildman–Crippen MR) is 78.0 cm³/mol. The van der Waals surface area contributed by atoms with Crippen molar-refractivity contribution in [3.05, 3.63) is 57.8 Å². The Hall–Kier alpha value is -1.38. The van der Waals surface area contributed by atoms with Gasteiger partial charge >= 0.3 is 0 Å². The summed E-state index contributed by atoms with van der Waals surface area (Å²) in [6.45, 7) is 0. The molecule has 0 aliphatic rings. The van der Waals surface area contributed by atoms with Crippen molar-refractivity contribution in [2.45, 2.75) is 5.33 Å². The molecule has 0 aromatic heterocycles. The minimum atomic E-state index is -0.359. The largest absolute Gasteiger partial charge is 0.456 e. The zero-order chi connectivity index (χ0) is 13.8. The first-order chi connectivity index (χ1) is 9.13. The van der Waals surface area contributed by atoms with Crippen molar-refractivity contribution in [2.24, 2.45) is 0 Å².